The van der Waals surface area contributed by atoms with Gasteiger partial charge in [0, 0.05) is 35.1 Å². The Labute approximate surface area is 241 Å². The van der Waals surface area contributed by atoms with Crippen LogP contribution in [0.4, 0.5) is 0 Å². The zero-order valence-corrected chi connectivity index (χ0v) is 27.3. The van der Waals surface area contributed by atoms with Crippen molar-refractivity contribution in [3.8, 4) is 11.1 Å². The van der Waals surface area contributed by atoms with E-state index in [2.05, 4.69) is 55.7 Å². The van der Waals surface area contributed by atoms with Gasteiger partial charge in [-0.05, 0) is 92.8 Å². The molecule has 0 amide bonds. The van der Waals surface area contributed by atoms with Crippen LogP contribution < -0.4 is 4.72 Å². The number of benzene rings is 1. The van der Waals surface area contributed by atoms with E-state index < -0.39 is 19.3 Å². The van der Waals surface area contributed by atoms with Gasteiger partial charge in [0.25, 0.3) is 0 Å². The van der Waals surface area contributed by atoms with Gasteiger partial charge >= 0.3 is 0 Å². The fourth-order valence-corrected chi connectivity index (χ4v) is 6.35. The topological polar surface area (TPSA) is 64.1 Å². The summed E-state index contributed by atoms with van der Waals surface area (Å²) < 4.78 is 22.2. The molecule has 1 atom stereocenters. The summed E-state index contributed by atoms with van der Waals surface area (Å²) in [6.45, 7) is 20.0. The van der Waals surface area contributed by atoms with Crippen molar-refractivity contribution in [1.82, 2.24) is 14.7 Å². The molecule has 2 heterocycles. The molecule has 2 aromatic heterocycles. The van der Waals surface area contributed by atoms with Crippen LogP contribution in [0, 0.1) is 6.92 Å². The van der Waals surface area contributed by atoms with Gasteiger partial charge in [0.1, 0.15) is 5.03 Å². The predicted octanol–water partition coefficient (Wildman–Crippen LogP) is 8.33. The number of nitrogens with zero attached hydrogens (tertiary/aromatic N) is 2. The summed E-state index contributed by atoms with van der Waals surface area (Å²) in [5, 5.41) is 1.61. The summed E-state index contributed by atoms with van der Waals surface area (Å²) in [7, 11) is -3.15. The van der Waals surface area contributed by atoms with Gasteiger partial charge in [-0.1, -0.05) is 50.2 Å². The van der Waals surface area contributed by atoms with Crippen LogP contribution in [0.2, 0.25) is 23.2 Å². The second-order valence-electron chi connectivity index (χ2n) is 12.0. The van der Waals surface area contributed by atoms with Crippen LogP contribution in [-0.2, 0) is 28.6 Å². The van der Waals surface area contributed by atoms with Crippen molar-refractivity contribution in [2.45, 2.75) is 94.4 Å². The standard InChI is InChI=1S/C29H40ClN3O2S2Si/c1-20-15-21(12-14-31-20)23-16-24(18-33-37(34)28(2,3)4)26(25(30)17-23)36-27-22(11-10-13-32-27)19-35-38(8,9)29(5,6)7/h10-17,33H,18-19H2,1-9H3. The average Bonchev–Trinajstić information content (AvgIpc) is 2.82. The first-order valence-corrected chi connectivity index (χ1v) is 18.0. The molecule has 206 valence electrons. The molecule has 38 heavy (non-hydrogen) atoms. The lowest BCUT2D eigenvalue weighted by Crippen LogP contribution is -2.40. The maximum Gasteiger partial charge on any atom is 0.192 e. The molecule has 0 aliphatic carbocycles. The highest BCUT2D eigenvalue weighted by Gasteiger charge is 2.37. The van der Waals surface area contributed by atoms with Crippen molar-refractivity contribution in [3.05, 3.63) is 70.6 Å². The monoisotopic (exact) mass is 589 g/mol. The predicted molar refractivity (Wildman–Crippen MR) is 165 cm³/mol. The Hall–Kier alpha value is -1.55. The van der Waals surface area contributed by atoms with E-state index in [9.17, 15) is 4.21 Å². The third kappa shape index (κ3) is 7.99. The van der Waals surface area contributed by atoms with E-state index >= 15 is 0 Å². The van der Waals surface area contributed by atoms with Crippen molar-refractivity contribution < 1.29 is 8.63 Å². The summed E-state index contributed by atoms with van der Waals surface area (Å²) >= 11 is 8.48. The Balaban J connectivity index is 1.99. The highest BCUT2D eigenvalue weighted by atomic mass is 35.5. The second kappa shape index (κ2) is 12.3. The molecular weight excluding hydrogens is 550 g/mol. The van der Waals surface area contributed by atoms with Gasteiger partial charge in [-0.25, -0.2) is 13.9 Å². The number of halogens is 1. The Morgan fingerprint density at radius 1 is 1.00 bits per heavy atom. The van der Waals surface area contributed by atoms with Gasteiger partial charge in [0.05, 0.1) is 27.4 Å². The van der Waals surface area contributed by atoms with Crippen LogP contribution in [-0.4, -0.2) is 27.2 Å². The van der Waals surface area contributed by atoms with E-state index in [1.54, 1.807) is 12.4 Å². The molecule has 0 fully saturated rings. The van der Waals surface area contributed by atoms with E-state index in [1.807, 2.05) is 52.0 Å². The molecule has 1 aromatic carbocycles. The molecule has 0 saturated heterocycles. The summed E-state index contributed by atoms with van der Waals surface area (Å²) in [6, 6.07) is 12.1. The molecule has 0 spiro atoms. The molecule has 3 rings (SSSR count). The van der Waals surface area contributed by atoms with Gasteiger partial charge in [-0.2, -0.15) is 0 Å². The number of nitrogens with one attached hydrogen (secondary N) is 1. The molecule has 0 aliphatic rings. The van der Waals surface area contributed by atoms with Crippen molar-refractivity contribution in [1.29, 1.82) is 0 Å². The first kappa shape index (κ1) is 31.0. The number of aryl methyl sites for hydroxylation is 1. The average molecular weight is 590 g/mol. The minimum absolute atomic E-state index is 0.120. The van der Waals surface area contributed by atoms with Crippen LogP contribution >= 0.6 is 23.4 Å². The van der Waals surface area contributed by atoms with E-state index in [4.69, 9.17) is 21.0 Å². The zero-order valence-electron chi connectivity index (χ0n) is 23.9. The lowest BCUT2D eigenvalue weighted by atomic mass is 10.0. The Morgan fingerprint density at radius 3 is 2.34 bits per heavy atom. The number of hydrogen-bond donors (Lipinski definition) is 1. The molecule has 9 heteroatoms. The largest absolute Gasteiger partial charge is 0.412 e. The lowest BCUT2D eigenvalue weighted by molar-refractivity contribution is 0.273. The first-order chi connectivity index (χ1) is 17.6. The van der Waals surface area contributed by atoms with Gasteiger partial charge in [-0.3, -0.25) is 4.98 Å². The number of pyridine rings is 2. The molecule has 3 aromatic rings. The van der Waals surface area contributed by atoms with E-state index in [-0.39, 0.29) is 9.79 Å². The van der Waals surface area contributed by atoms with Crippen molar-refractivity contribution >= 4 is 42.7 Å². The molecule has 0 aliphatic heterocycles. The minimum atomic E-state index is -1.93. The van der Waals surface area contributed by atoms with E-state index in [1.165, 1.54) is 11.8 Å². The third-order valence-electron chi connectivity index (χ3n) is 6.74. The van der Waals surface area contributed by atoms with E-state index in [0.717, 1.165) is 37.9 Å². The zero-order chi connectivity index (χ0) is 28.3. The fraction of sp³-hybridized carbons (Fsp3) is 0.448. The Kier molecular flexibility index (Phi) is 10.0. The normalized spacial score (nSPS) is 13.5. The molecule has 5 nitrogen and oxygen atoms in total. The van der Waals surface area contributed by atoms with Crippen LogP contribution in [0.5, 0.6) is 0 Å². The lowest BCUT2D eigenvalue weighted by Gasteiger charge is -2.36. The van der Waals surface area contributed by atoms with Gasteiger partial charge in [-0.15, -0.1) is 0 Å². The minimum Gasteiger partial charge on any atom is -0.412 e. The SMILES string of the molecule is Cc1cc(-c2cc(Cl)c(Sc3ncccc3CO[Si](C)(C)C(C)(C)C)c(CNS(=O)C(C)(C)C)c2)ccn1. The quantitative estimate of drug-likeness (QED) is 0.254. The maximum absolute atomic E-state index is 12.8. The van der Waals surface area contributed by atoms with Crippen LogP contribution in [0.15, 0.2) is 58.7 Å². The third-order valence-corrected chi connectivity index (χ3v) is 14.4. The van der Waals surface area contributed by atoms with Gasteiger partial charge in [0.2, 0.25) is 0 Å². The second-order valence-corrected chi connectivity index (χ2v) is 20.2. The van der Waals surface area contributed by atoms with Crippen molar-refractivity contribution in [2.24, 2.45) is 0 Å². The number of aromatic nitrogens is 2. The molecule has 1 unspecified atom stereocenters. The highest BCUT2D eigenvalue weighted by molar-refractivity contribution is 7.99. The molecule has 0 bridgehead atoms. The molecule has 0 saturated carbocycles. The van der Waals surface area contributed by atoms with Crippen LogP contribution in [0.3, 0.4) is 0 Å². The van der Waals surface area contributed by atoms with Crippen molar-refractivity contribution in [2.75, 3.05) is 0 Å². The Morgan fingerprint density at radius 2 is 1.71 bits per heavy atom. The summed E-state index contributed by atoms with van der Waals surface area (Å²) in [5.41, 5.74) is 4.96. The molecule has 0 radical (unpaired) electrons. The van der Waals surface area contributed by atoms with Crippen LogP contribution in [0.25, 0.3) is 11.1 Å². The van der Waals surface area contributed by atoms with Gasteiger partial charge < -0.3 is 4.43 Å². The summed E-state index contributed by atoms with van der Waals surface area (Å²) in [4.78, 5) is 9.91. The van der Waals surface area contributed by atoms with E-state index in [0.29, 0.717) is 18.2 Å². The Bertz CT molecular complexity index is 1300. The summed E-state index contributed by atoms with van der Waals surface area (Å²) in [5.74, 6) is 0. The number of hydrogen-bond acceptors (Lipinski definition) is 5. The van der Waals surface area contributed by atoms with Crippen LogP contribution in [0.1, 0.15) is 58.4 Å². The fourth-order valence-electron chi connectivity index (χ4n) is 3.34. The maximum atomic E-state index is 12.8. The highest BCUT2D eigenvalue weighted by Crippen LogP contribution is 2.41. The molecular formula is C29H40ClN3O2S2Si. The van der Waals surface area contributed by atoms with Crippen molar-refractivity contribution in [3.63, 3.8) is 0 Å². The summed E-state index contributed by atoms with van der Waals surface area (Å²) in [6.07, 6.45) is 3.60. The molecule has 1 N–H and O–H groups in total. The number of rotatable bonds is 9. The smallest absolute Gasteiger partial charge is 0.192 e. The first-order valence-electron chi connectivity index (χ1n) is 12.7. The van der Waals surface area contributed by atoms with Gasteiger partial charge in [0.15, 0.2) is 8.32 Å².